The predicted molar refractivity (Wildman–Crippen MR) is 67.7 cm³/mol. The van der Waals surface area contributed by atoms with E-state index in [1.165, 1.54) is 25.3 Å². The maximum Gasteiger partial charge on any atom is 0.379 e. The Hall–Kier alpha value is -0.790. The van der Waals surface area contributed by atoms with E-state index >= 15 is 0 Å². The fourth-order valence-electron chi connectivity index (χ4n) is 1.11. The van der Waals surface area contributed by atoms with Gasteiger partial charge in [-0.25, -0.2) is 4.79 Å². The lowest BCUT2D eigenvalue weighted by Gasteiger charge is -2.20. The number of hydrogen-bond acceptors (Lipinski definition) is 4. The van der Waals surface area contributed by atoms with Crippen molar-refractivity contribution >= 4 is 34.3 Å². The van der Waals surface area contributed by atoms with E-state index < -0.39 is 17.9 Å². The summed E-state index contributed by atoms with van der Waals surface area (Å²) in [7, 11) is 0. The van der Waals surface area contributed by atoms with Crippen LogP contribution < -0.4 is 5.73 Å². The van der Waals surface area contributed by atoms with Crippen LogP contribution in [0.15, 0.2) is 22.8 Å². The first-order valence-corrected chi connectivity index (χ1v) is 5.61. The Balaban J connectivity index is 0.00000289. The number of halogens is 4. The zero-order valence-corrected chi connectivity index (χ0v) is 11.8. The van der Waals surface area contributed by atoms with Crippen LogP contribution in [0.4, 0.5) is 8.78 Å². The third kappa shape index (κ3) is 3.86. The van der Waals surface area contributed by atoms with E-state index in [-0.39, 0.29) is 24.7 Å². The molecule has 0 radical (unpaired) electrons. The second-order valence-electron chi connectivity index (χ2n) is 3.22. The third-order valence-electron chi connectivity index (χ3n) is 2.01. The number of aromatic nitrogens is 1. The summed E-state index contributed by atoms with van der Waals surface area (Å²) in [6, 6.07) is 1.01. The smallest absolute Gasteiger partial charge is 0.379 e. The van der Waals surface area contributed by atoms with Gasteiger partial charge in [-0.3, -0.25) is 4.98 Å². The number of alkyl halides is 2. The van der Waals surface area contributed by atoms with Gasteiger partial charge in [0.05, 0.1) is 12.3 Å². The summed E-state index contributed by atoms with van der Waals surface area (Å²) in [6.45, 7) is 1.31. The zero-order valence-electron chi connectivity index (χ0n) is 9.40. The summed E-state index contributed by atoms with van der Waals surface area (Å²) in [5.41, 5.74) is 5.25. The SMILES string of the molecule is CCOC(=O)C(F)(F)[C@H](N)c1ccc(Br)cn1.Cl. The molecule has 1 rings (SSSR count). The maximum atomic E-state index is 13.5. The van der Waals surface area contributed by atoms with Crippen LogP contribution in [0.25, 0.3) is 0 Å². The van der Waals surface area contributed by atoms with E-state index in [4.69, 9.17) is 5.73 Å². The van der Waals surface area contributed by atoms with Gasteiger partial charge in [-0.15, -0.1) is 12.4 Å². The van der Waals surface area contributed by atoms with E-state index in [9.17, 15) is 13.6 Å². The first-order valence-electron chi connectivity index (χ1n) is 4.81. The number of nitrogens with two attached hydrogens (primary N) is 1. The predicted octanol–water partition coefficient (Wildman–Crippen LogP) is 2.46. The molecule has 0 amide bonds. The standard InChI is InChI=1S/C10H11BrF2N2O2.ClH/c1-2-17-9(16)10(12,13)8(14)7-4-3-6(11)5-15-7;/h3-5,8H,2,14H2,1H3;1H/t8-;/m1./s1. The monoisotopic (exact) mass is 344 g/mol. The summed E-state index contributed by atoms with van der Waals surface area (Å²) < 4.78 is 32.0. The minimum absolute atomic E-state index is 0. The van der Waals surface area contributed by atoms with E-state index in [2.05, 4.69) is 25.7 Å². The Morgan fingerprint density at radius 1 is 1.61 bits per heavy atom. The molecule has 8 heteroatoms. The van der Waals surface area contributed by atoms with Gasteiger partial charge in [0.25, 0.3) is 0 Å². The molecule has 0 aliphatic rings. The lowest BCUT2D eigenvalue weighted by molar-refractivity contribution is -0.175. The number of nitrogens with zero attached hydrogens (tertiary/aromatic N) is 1. The Kier molecular flexibility index (Phi) is 6.66. The minimum Gasteiger partial charge on any atom is -0.462 e. The summed E-state index contributed by atoms with van der Waals surface area (Å²) in [4.78, 5) is 14.8. The average molecular weight is 346 g/mol. The molecule has 1 heterocycles. The van der Waals surface area contributed by atoms with Crippen molar-refractivity contribution in [2.24, 2.45) is 5.73 Å². The van der Waals surface area contributed by atoms with Crippen molar-refractivity contribution in [2.45, 2.75) is 18.9 Å². The van der Waals surface area contributed by atoms with Gasteiger partial charge in [-0.2, -0.15) is 8.78 Å². The third-order valence-corrected chi connectivity index (χ3v) is 2.48. The van der Waals surface area contributed by atoms with Crippen LogP contribution in [-0.2, 0) is 9.53 Å². The molecule has 0 aliphatic heterocycles. The van der Waals surface area contributed by atoms with E-state index in [0.717, 1.165) is 0 Å². The zero-order chi connectivity index (χ0) is 13.1. The minimum atomic E-state index is -3.79. The highest BCUT2D eigenvalue weighted by molar-refractivity contribution is 9.10. The van der Waals surface area contributed by atoms with Crippen LogP contribution in [0.3, 0.4) is 0 Å². The van der Waals surface area contributed by atoms with Crippen LogP contribution >= 0.6 is 28.3 Å². The summed E-state index contributed by atoms with van der Waals surface area (Å²) >= 11 is 3.12. The number of hydrogen-bond donors (Lipinski definition) is 1. The molecule has 0 spiro atoms. The van der Waals surface area contributed by atoms with Gasteiger partial charge in [-0.05, 0) is 35.0 Å². The number of ether oxygens (including phenoxy) is 1. The van der Waals surface area contributed by atoms with E-state index in [0.29, 0.717) is 4.47 Å². The van der Waals surface area contributed by atoms with Crippen LogP contribution in [0.2, 0.25) is 0 Å². The molecule has 1 atom stereocenters. The Morgan fingerprint density at radius 3 is 2.67 bits per heavy atom. The van der Waals surface area contributed by atoms with E-state index in [1.54, 1.807) is 0 Å². The molecule has 0 fully saturated rings. The number of esters is 1. The fraction of sp³-hybridized carbons (Fsp3) is 0.400. The summed E-state index contributed by atoms with van der Waals surface area (Å²) in [6.07, 6.45) is 1.33. The van der Waals surface area contributed by atoms with Crippen molar-refractivity contribution in [1.29, 1.82) is 0 Å². The molecule has 1 aromatic rings. The molecule has 0 unspecified atom stereocenters. The number of carbonyl (C=O) groups is 1. The molecule has 0 saturated carbocycles. The quantitative estimate of drug-likeness (QED) is 0.851. The molecular formula is C10H12BrClF2N2O2. The lowest BCUT2D eigenvalue weighted by atomic mass is 10.1. The number of rotatable bonds is 4. The van der Waals surface area contributed by atoms with Gasteiger partial charge >= 0.3 is 11.9 Å². The van der Waals surface area contributed by atoms with Gasteiger partial charge in [0, 0.05) is 10.7 Å². The van der Waals surface area contributed by atoms with Crippen molar-refractivity contribution in [1.82, 2.24) is 4.98 Å². The molecular weight excluding hydrogens is 333 g/mol. The van der Waals surface area contributed by atoms with Crippen molar-refractivity contribution in [3.63, 3.8) is 0 Å². The molecule has 0 aromatic carbocycles. The Labute approximate surface area is 117 Å². The van der Waals surface area contributed by atoms with Crippen molar-refractivity contribution in [3.05, 3.63) is 28.5 Å². The van der Waals surface area contributed by atoms with Crippen molar-refractivity contribution in [2.75, 3.05) is 6.61 Å². The number of pyridine rings is 1. The van der Waals surface area contributed by atoms with Crippen LogP contribution in [0, 0.1) is 0 Å². The van der Waals surface area contributed by atoms with Crippen LogP contribution in [0.5, 0.6) is 0 Å². The van der Waals surface area contributed by atoms with Gasteiger partial charge in [0.1, 0.15) is 6.04 Å². The molecule has 1 aromatic heterocycles. The molecule has 2 N–H and O–H groups in total. The highest BCUT2D eigenvalue weighted by atomic mass is 79.9. The molecule has 0 bridgehead atoms. The van der Waals surface area contributed by atoms with Gasteiger partial charge in [0.15, 0.2) is 0 Å². The van der Waals surface area contributed by atoms with Crippen LogP contribution in [-0.4, -0.2) is 23.5 Å². The maximum absolute atomic E-state index is 13.5. The van der Waals surface area contributed by atoms with Gasteiger partial charge < -0.3 is 10.5 Å². The molecule has 0 aliphatic carbocycles. The summed E-state index contributed by atoms with van der Waals surface area (Å²) in [5, 5.41) is 0. The van der Waals surface area contributed by atoms with Crippen molar-refractivity contribution < 1.29 is 18.3 Å². The normalized spacial score (nSPS) is 12.5. The van der Waals surface area contributed by atoms with Crippen LogP contribution in [0.1, 0.15) is 18.7 Å². The average Bonchev–Trinajstić information content (AvgIpc) is 2.29. The van der Waals surface area contributed by atoms with Gasteiger partial charge in [0.2, 0.25) is 0 Å². The fourth-order valence-corrected chi connectivity index (χ4v) is 1.35. The number of carbonyl (C=O) groups excluding carboxylic acids is 1. The lowest BCUT2D eigenvalue weighted by Crippen LogP contribution is -2.42. The molecule has 18 heavy (non-hydrogen) atoms. The Morgan fingerprint density at radius 2 is 2.22 bits per heavy atom. The summed E-state index contributed by atoms with van der Waals surface area (Å²) in [5.74, 6) is -5.44. The molecule has 102 valence electrons. The Bertz CT molecular complexity index is 403. The first-order chi connectivity index (χ1) is 7.89. The second kappa shape index (κ2) is 6.96. The second-order valence-corrected chi connectivity index (χ2v) is 4.14. The molecule has 4 nitrogen and oxygen atoms in total. The highest BCUT2D eigenvalue weighted by Crippen LogP contribution is 2.29. The topological polar surface area (TPSA) is 65.2 Å². The molecule has 0 saturated heterocycles. The van der Waals surface area contributed by atoms with Gasteiger partial charge in [-0.1, -0.05) is 0 Å². The largest absolute Gasteiger partial charge is 0.462 e. The highest BCUT2D eigenvalue weighted by Gasteiger charge is 2.48. The van der Waals surface area contributed by atoms with Crippen molar-refractivity contribution in [3.8, 4) is 0 Å². The first kappa shape index (κ1) is 17.2. The van der Waals surface area contributed by atoms with E-state index in [1.807, 2.05) is 0 Å².